The number of unbranched alkanes of at least 4 members (excludes halogenated alkanes) is 13. The maximum absolute atomic E-state index is 10.9. The molecule has 0 aliphatic rings. The van der Waals surface area contributed by atoms with Gasteiger partial charge in [-0.15, -0.1) is 0 Å². The van der Waals surface area contributed by atoms with E-state index in [2.05, 4.69) is 24.6 Å². The van der Waals surface area contributed by atoms with Gasteiger partial charge in [-0.3, -0.25) is 4.98 Å². The van der Waals surface area contributed by atoms with Crippen LogP contribution in [0.1, 0.15) is 101 Å². The smallest absolute Gasteiger partial charge is 0.330 e. The number of carbonyl (C=O) groups excluding carboxylic acids is 1. The molecule has 0 aromatic carbocycles. The van der Waals surface area contributed by atoms with E-state index in [0.29, 0.717) is 6.61 Å². The molecule has 28 heavy (non-hydrogen) atoms. The van der Waals surface area contributed by atoms with Gasteiger partial charge in [-0.05, 0) is 37.8 Å². The average molecular weight is 388 g/mol. The third-order valence-electron chi connectivity index (χ3n) is 5.34. The predicted molar refractivity (Wildman–Crippen MR) is 118 cm³/mol. The third kappa shape index (κ3) is 13.5. The molecule has 0 spiro atoms. The van der Waals surface area contributed by atoms with Crippen molar-refractivity contribution >= 4 is 5.97 Å². The van der Waals surface area contributed by atoms with Crippen LogP contribution < -0.4 is 0 Å². The zero-order chi connectivity index (χ0) is 20.3. The lowest BCUT2D eigenvalue weighted by Crippen LogP contribution is -2.01. The highest BCUT2D eigenvalue weighted by atomic mass is 16.5. The molecular formula is C25H41NO2. The fourth-order valence-electron chi connectivity index (χ4n) is 3.53. The Balaban J connectivity index is 1.75. The number of aryl methyl sites for hydroxylation is 2. The van der Waals surface area contributed by atoms with Crippen LogP contribution in [0, 0.1) is 6.92 Å². The topological polar surface area (TPSA) is 39.2 Å². The van der Waals surface area contributed by atoms with E-state index in [0.717, 1.165) is 19.3 Å². The Morgan fingerprint density at radius 1 is 0.893 bits per heavy atom. The molecule has 0 saturated heterocycles. The number of aromatic nitrogens is 1. The summed E-state index contributed by atoms with van der Waals surface area (Å²) in [4.78, 5) is 15.4. The van der Waals surface area contributed by atoms with Gasteiger partial charge in [-0.2, -0.15) is 0 Å². The maximum atomic E-state index is 10.9. The van der Waals surface area contributed by atoms with Crippen molar-refractivity contribution < 1.29 is 9.53 Å². The lowest BCUT2D eigenvalue weighted by atomic mass is 10.0. The lowest BCUT2D eigenvalue weighted by molar-refractivity contribution is -0.137. The molecule has 158 valence electrons. The first kappa shape index (κ1) is 24.4. The Labute approximate surface area is 173 Å². The molecule has 0 aliphatic carbocycles. The number of esters is 1. The van der Waals surface area contributed by atoms with Crippen LogP contribution in [0.25, 0.3) is 0 Å². The standard InChI is InChI=1S/C25H41NO2/c1-3-25(27)28-22-17-15-13-11-9-7-5-4-6-8-10-12-14-16-20-24-23(2)19-18-21-26-24/h3,18-19,21H,1,4-17,20,22H2,2H3. The summed E-state index contributed by atoms with van der Waals surface area (Å²) in [6, 6.07) is 4.18. The van der Waals surface area contributed by atoms with Gasteiger partial charge >= 0.3 is 5.97 Å². The minimum absolute atomic E-state index is 0.306. The van der Waals surface area contributed by atoms with Crippen LogP contribution in [0.2, 0.25) is 0 Å². The molecule has 1 aromatic heterocycles. The van der Waals surface area contributed by atoms with Crippen molar-refractivity contribution in [2.75, 3.05) is 6.61 Å². The van der Waals surface area contributed by atoms with Gasteiger partial charge in [0.1, 0.15) is 0 Å². The normalized spacial score (nSPS) is 10.8. The SMILES string of the molecule is C=CC(=O)OCCCCCCCCCCCCCCCCc1ncccc1C. The summed E-state index contributed by atoms with van der Waals surface area (Å²) in [7, 11) is 0. The second kappa shape index (κ2) is 17.5. The highest BCUT2D eigenvalue weighted by Crippen LogP contribution is 2.14. The maximum Gasteiger partial charge on any atom is 0.330 e. The Kier molecular flexibility index (Phi) is 15.2. The molecule has 0 aliphatic heterocycles. The van der Waals surface area contributed by atoms with Crippen LogP contribution in [0.3, 0.4) is 0 Å². The van der Waals surface area contributed by atoms with E-state index in [1.165, 1.54) is 94.4 Å². The number of hydrogen-bond acceptors (Lipinski definition) is 3. The zero-order valence-corrected chi connectivity index (χ0v) is 18.1. The van der Waals surface area contributed by atoms with Crippen molar-refractivity contribution in [3.05, 3.63) is 42.2 Å². The van der Waals surface area contributed by atoms with E-state index < -0.39 is 0 Å². The van der Waals surface area contributed by atoms with Crippen molar-refractivity contribution in [1.29, 1.82) is 0 Å². The zero-order valence-electron chi connectivity index (χ0n) is 18.1. The first-order valence-corrected chi connectivity index (χ1v) is 11.4. The summed E-state index contributed by atoms with van der Waals surface area (Å²) in [6.07, 6.45) is 22.6. The number of carbonyl (C=O) groups is 1. The fourth-order valence-corrected chi connectivity index (χ4v) is 3.53. The van der Waals surface area contributed by atoms with Crippen LogP contribution in [-0.2, 0) is 16.0 Å². The Morgan fingerprint density at radius 3 is 1.89 bits per heavy atom. The van der Waals surface area contributed by atoms with Crippen molar-refractivity contribution in [3.8, 4) is 0 Å². The number of rotatable bonds is 18. The van der Waals surface area contributed by atoms with E-state index >= 15 is 0 Å². The highest BCUT2D eigenvalue weighted by Gasteiger charge is 1.99. The van der Waals surface area contributed by atoms with E-state index in [4.69, 9.17) is 4.74 Å². The van der Waals surface area contributed by atoms with E-state index in [1.54, 1.807) is 0 Å². The van der Waals surface area contributed by atoms with E-state index in [-0.39, 0.29) is 5.97 Å². The Hall–Kier alpha value is -1.64. The largest absolute Gasteiger partial charge is 0.463 e. The molecule has 3 nitrogen and oxygen atoms in total. The minimum Gasteiger partial charge on any atom is -0.463 e. The number of pyridine rings is 1. The van der Waals surface area contributed by atoms with Crippen LogP contribution in [-0.4, -0.2) is 17.6 Å². The van der Waals surface area contributed by atoms with E-state index in [1.807, 2.05) is 12.3 Å². The molecule has 1 aromatic rings. The molecule has 3 heteroatoms. The summed E-state index contributed by atoms with van der Waals surface area (Å²) < 4.78 is 4.97. The first-order chi connectivity index (χ1) is 13.7. The quantitative estimate of drug-likeness (QED) is 0.153. The molecule has 0 amide bonds. The molecule has 0 radical (unpaired) electrons. The van der Waals surface area contributed by atoms with Crippen molar-refractivity contribution in [2.24, 2.45) is 0 Å². The van der Waals surface area contributed by atoms with Crippen molar-refractivity contribution in [3.63, 3.8) is 0 Å². The monoisotopic (exact) mass is 387 g/mol. The second-order valence-corrected chi connectivity index (χ2v) is 7.84. The highest BCUT2D eigenvalue weighted by molar-refractivity contribution is 5.81. The third-order valence-corrected chi connectivity index (χ3v) is 5.34. The van der Waals surface area contributed by atoms with Gasteiger partial charge in [0.2, 0.25) is 0 Å². The van der Waals surface area contributed by atoms with Crippen LogP contribution in [0.5, 0.6) is 0 Å². The van der Waals surface area contributed by atoms with Gasteiger partial charge < -0.3 is 4.74 Å². The molecule has 0 bridgehead atoms. The first-order valence-electron chi connectivity index (χ1n) is 11.4. The number of hydrogen-bond donors (Lipinski definition) is 0. The summed E-state index contributed by atoms with van der Waals surface area (Å²) in [5.74, 6) is -0.306. The molecule has 0 saturated carbocycles. The van der Waals surface area contributed by atoms with Crippen molar-refractivity contribution in [2.45, 2.75) is 103 Å². The Morgan fingerprint density at radius 2 is 1.39 bits per heavy atom. The van der Waals surface area contributed by atoms with Crippen LogP contribution in [0.15, 0.2) is 31.0 Å². The van der Waals surface area contributed by atoms with Crippen molar-refractivity contribution in [1.82, 2.24) is 4.98 Å². The van der Waals surface area contributed by atoms with Gasteiger partial charge in [-0.25, -0.2) is 4.79 Å². The predicted octanol–water partition coefficient (Wildman–Crippen LogP) is 7.12. The minimum atomic E-state index is -0.306. The molecule has 0 fully saturated rings. The average Bonchev–Trinajstić information content (AvgIpc) is 2.71. The van der Waals surface area contributed by atoms with Crippen LogP contribution in [0.4, 0.5) is 0 Å². The van der Waals surface area contributed by atoms with Crippen LogP contribution >= 0.6 is 0 Å². The summed E-state index contributed by atoms with van der Waals surface area (Å²) in [5, 5.41) is 0. The van der Waals surface area contributed by atoms with E-state index in [9.17, 15) is 4.79 Å². The lowest BCUT2D eigenvalue weighted by Gasteiger charge is -2.05. The van der Waals surface area contributed by atoms with Gasteiger partial charge in [0, 0.05) is 18.0 Å². The van der Waals surface area contributed by atoms with Gasteiger partial charge in [0.05, 0.1) is 6.61 Å². The molecular weight excluding hydrogens is 346 g/mol. The molecule has 0 N–H and O–H groups in total. The molecule has 0 atom stereocenters. The number of ether oxygens (including phenoxy) is 1. The van der Waals surface area contributed by atoms with Gasteiger partial charge in [0.15, 0.2) is 0 Å². The molecule has 1 heterocycles. The van der Waals surface area contributed by atoms with Gasteiger partial charge in [0.25, 0.3) is 0 Å². The summed E-state index contributed by atoms with van der Waals surface area (Å²) in [5.41, 5.74) is 2.61. The summed E-state index contributed by atoms with van der Waals surface area (Å²) >= 11 is 0. The Bertz CT molecular complexity index is 527. The molecule has 1 rings (SSSR count). The summed E-state index contributed by atoms with van der Waals surface area (Å²) in [6.45, 7) is 6.08. The fraction of sp³-hybridized carbons (Fsp3) is 0.680. The number of nitrogens with zero attached hydrogens (tertiary/aromatic N) is 1. The van der Waals surface area contributed by atoms with Gasteiger partial charge in [-0.1, -0.05) is 89.7 Å². The molecule has 0 unspecified atom stereocenters. The second-order valence-electron chi connectivity index (χ2n) is 7.84.